The van der Waals surface area contributed by atoms with E-state index in [1.165, 1.54) is 6.07 Å². The molecule has 0 aliphatic heterocycles. The molecule has 20 heavy (non-hydrogen) atoms. The number of aryl methyl sites for hydroxylation is 3. The normalized spacial score (nSPS) is 10.1. The molecular formula is C14H15N5O. The summed E-state index contributed by atoms with van der Waals surface area (Å²) in [6, 6.07) is 5.39. The Bertz CT molecular complexity index is 719. The summed E-state index contributed by atoms with van der Waals surface area (Å²) in [6.45, 7) is 5.81. The summed E-state index contributed by atoms with van der Waals surface area (Å²) in [7, 11) is 0. The minimum absolute atomic E-state index is 0.172. The zero-order valence-electron chi connectivity index (χ0n) is 11.6. The van der Waals surface area contributed by atoms with E-state index in [0.29, 0.717) is 35.1 Å². The van der Waals surface area contributed by atoms with E-state index in [0.717, 1.165) is 5.56 Å². The Labute approximate surface area is 116 Å². The Morgan fingerprint density at radius 3 is 2.65 bits per heavy atom. The number of H-pyrrole nitrogens is 1. The highest BCUT2D eigenvalue weighted by atomic mass is 16.1. The van der Waals surface area contributed by atoms with E-state index in [9.17, 15) is 4.79 Å². The molecule has 0 radical (unpaired) electrons. The van der Waals surface area contributed by atoms with Gasteiger partial charge in [-0.2, -0.15) is 5.26 Å². The molecule has 2 aromatic heterocycles. The van der Waals surface area contributed by atoms with Crippen LogP contribution in [0.5, 0.6) is 0 Å². The fraction of sp³-hybridized carbons (Fsp3) is 0.286. The smallest absolute Gasteiger partial charge is 0.251 e. The number of anilines is 1. The van der Waals surface area contributed by atoms with Crippen molar-refractivity contribution in [1.82, 2.24) is 15.0 Å². The van der Waals surface area contributed by atoms with Crippen LogP contribution in [0.25, 0.3) is 0 Å². The van der Waals surface area contributed by atoms with Crippen molar-refractivity contribution in [2.24, 2.45) is 0 Å². The van der Waals surface area contributed by atoms with Gasteiger partial charge in [-0.1, -0.05) is 0 Å². The third kappa shape index (κ3) is 3.01. The Morgan fingerprint density at radius 2 is 2.05 bits per heavy atom. The number of hydrogen-bond acceptors (Lipinski definition) is 5. The first kappa shape index (κ1) is 13.7. The molecule has 2 heterocycles. The van der Waals surface area contributed by atoms with Crippen molar-refractivity contribution in [3.8, 4) is 6.07 Å². The number of pyridine rings is 1. The summed E-state index contributed by atoms with van der Waals surface area (Å²) in [4.78, 5) is 22.5. The molecule has 0 aliphatic rings. The van der Waals surface area contributed by atoms with Gasteiger partial charge in [-0.05, 0) is 32.4 Å². The van der Waals surface area contributed by atoms with E-state index in [1.807, 2.05) is 13.0 Å². The molecule has 0 unspecified atom stereocenters. The van der Waals surface area contributed by atoms with Gasteiger partial charge in [0.25, 0.3) is 5.56 Å². The maximum Gasteiger partial charge on any atom is 0.251 e. The number of nitriles is 1. The summed E-state index contributed by atoms with van der Waals surface area (Å²) in [5.41, 5.74) is 2.63. The third-order valence-electron chi connectivity index (χ3n) is 2.87. The maximum atomic E-state index is 11.3. The lowest BCUT2D eigenvalue weighted by Crippen LogP contribution is -2.13. The number of nitrogens with zero attached hydrogens (tertiary/aromatic N) is 3. The molecule has 2 N–H and O–H groups in total. The topological polar surface area (TPSA) is 94.5 Å². The predicted molar refractivity (Wildman–Crippen MR) is 75.3 cm³/mol. The summed E-state index contributed by atoms with van der Waals surface area (Å²) >= 11 is 0. The average molecular weight is 269 g/mol. The van der Waals surface area contributed by atoms with Crippen LogP contribution in [-0.4, -0.2) is 15.0 Å². The van der Waals surface area contributed by atoms with Gasteiger partial charge in [0, 0.05) is 6.07 Å². The highest BCUT2D eigenvalue weighted by Crippen LogP contribution is 2.15. The second-order valence-electron chi connectivity index (χ2n) is 4.57. The lowest BCUT2D eigenvalue weighted by molar-refractivity contribution is 0.928. The van der Waals surface area contributed by atoms with Crippen molar-refractivity contribution in [3.05, 3.63) is 50.8 Å². The molecule has 0 bridgehead atoms. The highest BCUT2D eigenvalue weighted by molar-refractivity contribution is 5.48. The number of aromatic nitrogens is 3. The molecule has 6 heteroatoms. The van der Waals surface area contributed by atoms with Crippen molar-refractivity contribution in [2.45, 2.75) is 27.3 Å². The van der Waals surface area contributed by atoms with Crippen molar-refractivity contribution < 1.29 is 0 Å². The van der Waals surface area contributed by atoms with Gasteiger partial charge in [0.2, 0.25) is 0 Å². The van der Waals surface area contributed by atoms with Crippen LogP contribution in [0.1, 0.15) is 28.3 Å². The Morgan fingerprint density at radius 1 is 1.30 bits per heavy atom. The monoisotopic (exact) mass is 269 g/mol. The summed E-state index contributed by atoms with van der Waals surface area (Å²) in [6.07, 6.45) is 0. The minimum Gasteiger partial charge on any atom is -0.364 e. The van der Waals surface area contributed by atoms with E-state index in [2.05, 4.69) is 26.3 Å². The standard InChI is InChI=1S/C14H15N5O/c1-8-4-13(17-9(2)12(8)6-15)16-7-11-5-14(20)19-10(3)18-11/h4-5H,7H2,1-3H3,(H,16,17)(H,18,19,20). The lowest BCUT2D eigenvalue weighted by Gasteiger charge is -2.09. The molecule has 0 saturated heterocycles. The maximum absolute atomic E-state index is 11.3. The van der Waals surface area contributed by atoms with E-state index in [1.54, 1.807) is 13.8 Å². The van der Waals surface area contributed by atoms with Crippen LogP contribution in [0.3, 0.4) is 0 Å². The quantitative estimate of drug-likeness (QED) is 0.882. The van der Waals surface area contributed by atoms with Crippen LogP contribution in [0, 0.1) is 32.1 Å². The fourth-order valence-electron chi connectivity index (χ4n) is 2.00. The molecular weight excluding hydrogens is 254 g/mol. The summed E-state index contributed by atoms with van der Waals surface area (Å²) in [5, 5.41) is 12.1. The molecule has 102 valence electrons. The second kappa shape index (κ2) is 5.53. The van der Waals surface area contributed by atoms with Crippen LogP contribution in [0.4, 0.5) is 5.82 Å². The van der Waals surface area contributed by atoms with Crippen LogP contribution in [-0.2, 0) is 6.54 Å². The molecule has 2 aromatic rings. The molecule has 0 aliphatic carbocycles. The largest absolute Gasteiger partial charge is 0.364 e. The van der Waals surface area contributed by atoms with Gasteiger partial charge in [-0.3, -0.25) is 4.79 Å². The van der Waals surface area contributed by atoms with E-state index in [4.69, 9.17) is 5.26 Å². The zero-order valence-corrected chi connectivity index (χ0v) is 11.6. The molecule has 2 rings (SSSR count). The Hall–Kier alpha value is -2.68. The second-order valence-corrected chi connectivity index (χ2v) is 4.57. The number of hydrogen-bond donors (Lipinski definition) is 2. The average Bonchev–Trinajstić information content (AvgIpc) is 2.35. The van der Waals surface area contributed by atoms with Crippen LogP contribution < -0.4 is 10.9 Å². The minimum atomic E-state index is -0.172. The Balaban J connectivity index is 2.19. The van der Waals surface area contributed by atoms with Gasteiger partial charge in [0.1, 0.15) is 17.7 Å². The van der Waals surface area contributed by atoms with Crippen molar-refractivity contribution in [1.29, 1.82) is 5.26 Å². The van der Waals surface area contributed by atoms with E-state index >= 15 is 0 Å². The van der Waals surface area contributed by atoms with Crippen molar-refractivity contribution in [2.75, 3.05) is 5.32 Å². The Kier molecular flexibility index (Phi) is 3.80. The van der Waals surface area contributed by atoms with Crippen LogP contribution in [0.15, 0.2) is 16.9 Å². The summed E-state index contributed by atoms with van der Waals surface area (Å²) < 4.78 is 0. The molecule has 0 amide bonds. The van der Waals surface area contributed by atoms with Crippen molar-refractivity contribution >= 4 is 5.82 Å². The molecule has 0 atom stereocenters. The molecule has 0 spiro atoms. The van der Waals surface area contributed by atoms with Crippen LogP contribution in [0.2, 0.25) is 0 Å². The van der Waals surface area contributed by atoms with E-state index < -0.39 is 0 Å². The molecule has 0 aromatic carbocycles. The van der Waals surface area contributed by atoms with E-state index in [-0.39, 0.29) is 5.56 Å². The summed E-state index contributed by atoms with van der Waals surface area (Å²) in [5.74, 6) is 1.24. The number of nitrogens with one attached hydrogen (secondary N) is 2. The van der Waals surface area contributed by atoms with Crippen LogP contribution >= 0.6 is 0 Å². The lowest BCUT2D eigenvalue weighted by atomic mass is 10.1. The van der Waals surface area contributed by atoms with Gasteiger partial charge in [-0.15, -0.1) is 0 Å². The van der Waals surface area contributed by atoms with Gasteiger partial charge < -0.3 is 10.3 Å². The molecule has 6 nitrogen and oxygen atoms in total. The SMILES string of the molecule is Cc1nc(CNc2cc(C)c(C#N)c(C)n2)cc(=O)[nH]1. The number of aromatic amines is 1. The molecule has 0 fully saturated rings. The zero-order chi connectivity index (χ0) is 14.7. The van der Waals surface area contributed by atoms with Gasteiger partial charge in [-0.25, -0.2) is 9.97 Å². The third-order valence-corrected chi connectivity index (χ3v) is 2.87. The van der Waals surface area contributed by atoms with Gasteiger partial charge in [0.15, 0.2) is 0 Å². The molecule has 0 saturated carbocycles. The predicted octanol–water partition coefficient (Wildman–Crippen LogP) is 1.57. The van der Waals surface area contributed by atoms with Gasteiger partial charge in [0.05, 0.1) is 23.5 Å². The fourth-order valence-corrected chi connectivity index (χ4v) is 2.00. The first-order chi connectivity index (χ1) is 9.49. The van der Waals surface area contributed by atoms with Gasteiger partial charge >= 0.3 is 0 Å². The first-order valence-electron chi connectivity index (χ1n) is 6.18. The first-order valence-corrected chi connectivity index (χ1v) is 6.18. The number of rotatable bonds is 3. The highest BCUT2D eigenvalue weighted by Gasteiger charge is 2.06. The van der Waals surface area contributed by atoms with Crippen molar-refractivity contribution in [3.63, 3.8) is 0 Å².